The van der Waals surface area contributed by atoms with Crippen molar-refractivity contribution in [2.24, 2.45) is 0 Å². The summed E-state index contributed by atoms with van der Waals surface area (Å²) in [6.07, 6.45) is 0. The molecule has 0 N–H and O–H groups in total. The van der Waals surface area contributed by atoms with Crippen molar-refractivity contribution in [1.82, 2.24) is 0 Å². The first-order valence-corrected chi connectivity index (χ1v) is 5.68. The molecule has 0 radical (unpaired) electrons. The molecule has 1 aromatic carbocycles. The average Bonchev–Trinajstić information content (AvgIpc) is 3.04. The van der Waals surface area contributed by atoms with Gasteiger partial charge in [-0.2, -0.15) is 9.60 Å². The summed E-state index contributed by atoms with van der Waals surface area (Å²) >= 11 is 0. The predicted molar refractivity (Wildman–Crippen MR) is 61.3 cm³/mol. The Labute approximate surface area is 98.7 Å². The number of morpholine rings is 1. The van der Waals surface area contributed by atoms with Crippen molar-refractivity contribution in [3.05, 3.63) is 34.4 Å². The highest BCUT2D eigenvalue weighted by Crippen LogP contribution is 2.37. The second-order valence-corrected chi connectivity index (χ2v) is 4.47. The van der Waals surface area contributed by atoms with E-state index in [2.05, 4.69) is 5.01 Å². The molecule has 3 rings (SSSR count). The van der Waals surface area contributed by atoms with Crippen LogP contribution in [0, 0.1) is 10.1 Å². The van der Waals surface area contributed by atoms with Gasteiger partial charge in [-0.3, -0.25) is 10.1 Å². The van der Waals surface area contributed by atoms with Crippen LogP contribution < -0.4 is 5.01 Å². The van der Waals surface area contributed by atoms with E-state index in [1.54, 1.807) is 12.1 Å². The lowest BCUT2D eigenvalue weighted by molar-refractivity contribution is -0.815. The van der Waals surface area contributed by atoms with Gasteiger partial charge in [0.1, 0.15) is 18.8 Å². The van der Waals surface area contributed by atoms with Crippen molar-refractivity contribution >= 4 is 11.4 Å². The van der Waals surface area contributed by atoms with Crippen LogP contribution in [0.2, 0.25) is 0 Å². The first-order chi connectivity index (χ1) is 8.21. The maximum Gasteiger partial charge on any atom is 0.271 e. The van der Waals surface area contributed by atoms with E-state index in [0.717, 1.165) is 43.3 Å². The predicted octanol–water partition coefficient (Wildman–Crippen LogP) is 1.13. The number of rotatable bonds is 2. The molecule has 0 atom stereocenters. The van der Waals surface area contributed by atoms with Crippen LogP contribution in [-0.2, 0) is 4.74 Å². The van der Waals surface area contributed by atoms with Gasteiger partial charge in [-0.05, 0) is 6.07 Å². The summed E-state index contributed by atoms with van der Waals surface area (Å²) in [6.45, 7) is 4.40. The number of hydrogen-bond acceptors (Lipinski definition) is 4. The molecule has 0 aliphatic carbocycles. The molecular formula is C11H14N3O3+. The zero-order valence-corrected chi connectivity index (χ0v) is 9.41. The number of anilines is 1. The Morgan fingerprint density at radius 1 is 1.35 bits per heavy atom. The molecule has 0 bridgehead atoms. The summed E-state index contributed by atoms with van der Waals surface area (Å²) in [5.41, 5.74) is 1.09. The fourth-order valence-corrected chi connectivity index (χ4v) is 2.38. The first kappa shape index (κ1) is 10.5. The summed E-state index contributed by atoms with van der Waals surface area (Å²) in [5, 5.41) is 12.9. The zero-order chi connectivity index (χ0) is 11.9. The van der Waals surface area contributed by atoms with Crippen molar-refractivity contribution in [2.45, 2.75) is 0 Å². The lowest BCUT2D eigenvalue weighted by Crippen LogP contribution is -2.42. The van der Waals surface area contributed by atoms with Crippen LogP contribution in [0.3, 0.4) is 0 Å². The normalized spacial score (nSPS) is 21.5. The lowest BCUT2D eigenvalue weighted by Gasteiger charge is -2.23. The van der Waals surface area contributed by atoms with E-state index in [-0.39, 0.29) is 10.6 Å². The number of benzene rings is 1. The van der Waals surface area contributed by atoms with E-state index < -0.39 is 0 Å². The summed E-state index contributed by atoms with van der Waals surface area (Å²) in [7, 11) is 0. The molecule has 1 aromatic rings. The van der Waals surface area contributed by atoms with Crippen molar-refractivity contribution in [2.75, 3.05) is 38.0 Å². The van der Waals surface area contributed by atoms with Gasteiger partial charge in [0.05, 0.1) is 18.1 Å². The molecule has 2 aliphatic heterocycles. The largest absolute Gasteiger partial charge is 0.370 e. The van der Waals surface area contributed by atoms with Crippen LogP contribution in [0.4, 0.5) is 11.4 Å². The van der Waals surface area contributed by atoms with Crippen molar-refractivity contribution in [1.29, 1.82) is 0 Å². The first-order valence-electron chi connectivity index (χ1n) is 5.68. The maximum atomic E-state index is 10.7. The molecule has 6 heteroatoms. The van der Waals surface area contributed by atoms with Crippen LogP contribution in [0.15, 0.2) is 24.3 Å². The molecule has 2 heterocycles. The number of hydrogen-bond donors (Lipinski definition) is 0. The second-order valence-electron chi connectivity index (χ2n) is 4.47. The van der Waals surface area contributed by atoms with Gasteiger partial charge in [0.25, 0.3) is 5.69 Å². The molecule has 1 spiro atoms. The standard InChI is InChI=1S/C11H14N3O3/c15-13(16)11-3-1-2-10(8-11)12-9-14(12)4-6-17-7-5-14/h1-3,8H,4-7,9H2/q+1. The highest BCUT2D eigenvalue weighted by Gasteiger charge is 2.54. The molecule has 2 aliphatic rings. The highest BCUT2D eigenvalue weighted by atomic mass is 16.6. The van der Waals surface area contributed by atoms with E-state index in [9.17, 15) is 10.1 Å². The summed E-state index contributed by atoms with van der Waals surface area (Å²) in [6, 6.07) is 6.83. The molecule has 2 fully saturated rings. The Balaban J connectivity index is 1.82. The smallest absolute Gasteiger partial charge is 0.271 e. The topological polar surface area (TPSA) is 55.4 Å². The highest BCUT2D eigenvalue weighted by molar-refractivity contribution is 5.52. The van der Waals surface area contributed by atoms with E-state index in [0.29, 0.717) is 0 Å². The fourth-order valence-electron chi connectivity index (χ4n) is 2.38. The molecular weight excluding hydrogens is 222 g/mol. The fraction of sp³-hybridized carbons (Fsp3) is 0.455. The number of nitrogens with zero attached hydrogens (tertiary/aromatic N) is 3. The quantitative estimate of drug-likeness (QED) is 0.334. The number of quaternary nitrogens is 1. The van der Waals surface area contributed by atoms with E-state index in [4.69, 9.17) is 4.74 Å². The molecule has 0 amide bonds. The minimum Gasteiger partial charge on any atom is -0.370 e. The molecule has 2 saturated heterocycles. The second kappa shape index (κ2) is 3.68. The molecule has 0 aromatic heterocycles. The molecule has 0 unspecified atom stereocenters. The third kappa shape index (κ3) is 1.75. The minimum absolute atomic E-state index is 0.154. The maximum absolute atomic E-state index is 10.7. The van der Waals surface area contributed by atoms with Gasteiger partial charge >= 0.3 is 0 Å². The number of non-ortho nitro benzene ring substituents is 1. The van der Waals surface area contributed by atoms with Gasteiger partial charge in [-0.1, -0.05) is 6.07 Å². The minimum atomic E-state index is -0.351. The summed E-state index contributed by atoms with van der Waals surface area (Å²) in [4.78, 5) is 10.4. The van der Waals surface area contributed by atoms with E-state index >= 15 is 0 Å². The van der Waals surface area contributed by atoms with Crippen LogP contribution >= 0.6 is 0 Å². The third-order valence-corrected chi connectivity index (χ3v) is 3.47. The third-order valence-electron chi connectivity index (χ3n) is 3.47. The molecule has 0 saturated carbocycles. The van der Waals surface area contributed by atoms with Gasteiger partial charge in [0.15, 0.2) is 0 Å². The Hall–Kier alpha value is -1.66. The van der Waals surface area contributed by atoms with Crippen molar-refractivity contribution in [3.63, 3.8) is 0 Å². The van der Waals surface area contributed by atoms with Gasteiger partial charge in [0.2, 0.25) is 6.67 Å². The number of ether oxygens (including phenoxy) is 1. The average molecular weight is 236 g/mol. The van der Waals surface area contributed by atoms with Gasteiger partial charge < -0.3 is 4.74 Å². The van der Waals surface area contributed by atoms with Crippen LogP contribution in [0.5, 0.6) is 0 Å². The Kier molecular flexibility index (Phi) is 2.27. The monoisotopic (exact) mass is 236 g/mol. The van der Waals surface area contributed by atoms with Crippen LogP contribution in [0.25, 0.3) is 0 Å². The molecule has 90 valence electrons. The summed E-state index contributed by atoms with van der Waals surface area (Å²) in [5.74, 6) is 0. The number of nitro benzene ring substituents is 1. The van der Waals surface area contributed by atoms with Gasteiger partial charge in [-0.15, -0.1) is 0 Å². The van der Waals surface area contributed by atoms with Gasteiger partial charge in [-0.25, -0.2) is 0 Å². The Morgan fingerprint density at radius 2 is 2.12 bits per heavy atom. The van der Waals surface area contributed by atoms with Gasteiger partial charge in [0, 0.05) is 12.1 Å². The Bertz CT molecular complexity index is 457. The number of nitro groups is 1. The Morgan fingerprint density at radius 3 is 2.82 bits per heavy atom. The van der Waals surface area contributed by atoms with Crippen molar-refractivity contribution < 1.29 is 14.3 Å². The zero-order valence-electron chi connectivity index (χ0n) is 9.41. The van der Waals surface area contributed by atoms with E-state index in [1.807, 2.05) is 6.07 Å². The van der Waals surface area contributed by atoms with Crippen LogP contribution in [-0.4, -0.2) is 42.5 Å². The lowest BCUT2D eigenvalue weighted by atomic mass is 10.3. The molecule has 6 nitrogen and oxygen atoms in total. The van der Waals surface area contributed by atoms with Crippen molar-refractivity contribution in [3.8, 4) is 0 Å². The van der Waals surface area contributed by atoms with E-state index in [1.165, 1.54) is 6.07 Å². The molecule has 17 heavy (non-hydrogen) atoms. The SMILES string of the molecule is O=[N+]([O-])c1cccc(N2C[N+]23CCOCC3)c1. The summed E-state index contributed by atoms with van der Waals surface area (Å²) < 4.78 is 6.23. The van der Waals surface area contributed by atoms with Crippen LogP contribution in [0.1, 0.15) is 0 Å².